The van der Waals surface area contributed by atoms with Gasteiger partial charge in [-0.2, -0.15) is 0 Å². The molecule has 0 saturated heterocycles. The van der Waals surface area contributed by atoms with Gasteiger partial charge in [0.15, 0.2) is 0 Å². The van der Waals surface area contributed by atoms with E-state index in [2.05, 4.69) is 55.1 Å². The minimum absolute atomic E-state index is 0.705. The van der Waals surface area contributed by atoms with E-state index >= 15 is 0 Å². The molecule has 0 bridgehead atoms. The van der Waals surface area contributed by atoms with Crippen molar-refractivity contribution in [2.75, 3.05) is 6.54 Å². The lowest BCUT2D eigenvalue weighted by atomic mass is 10.1. The molecule has 0 amide bonds. The van der Waals surface area contributed by atoms with Crippen molar-refractivity contribution in [2.45, 2.75) is 20.3 Å². The Labute approximate surface area is 96.7 Å². The highest BCUT2D eigenvalue weighted by molar-refractivity contribution is 5.40. The summed E-state index contributed by atoms with van der Waals surface area (Å²) in [7, 11) is 0. The van der Waals surface area contributed by atoms with Gasteiger partial charge in [0.1, 0.15) is 0 Å². The molecule has 0 aliphatic rings. The molecule has 2 rings (SSSR count). The van der Waals surface area contributed by atoms with Crippen molar-refractivity contribution in [3.05, 3.63) is 53.3 Å². The minimum Gasteiger partial charge on any atom is -0.330 e. The second-order valence-electron chi connectivity index (χ2n) is 4.23. The molecule has 16 heavy (non-hydrogen) atoms. The number of rotatable bonds is 3. The fourth-order valence-electron chi connectivity index (χ4n) is 1.80. The molecule has 1 aromatic carbocycles. The van der Waals surface area contributed by atoms with Crippen LogP contribution in [0.25, 0.3) is 5.69 Å². The Hall–Kier alpha value is -1.54. The Morgan fingerprint density at radius 3 is 2.62 bits per heavy atom. The van der Waals surface area contributed by atoms with Gasteiger partial charge in [0, 0.05) is 18.1 Å². The Morgan fingerprint density at radius 1 is 1.12 bits per heavy atom. The van der Waals surface area contributed by atoms with E-state index < -0.39 is 0 Å². The first-order valence-corrected chi connectivity index (χ1v) is 5.65. The van der Waals surface area contributed by atoms with Crippen LogP contribution >= 0.6 is 0 Å². The smallest absolute Gasteiger partial charge is 0.0452 e. The van der Waals surface area contributed by atoms with Crippen LogP contribution in [0.2, 0.25) is 0 Å². The van der Waals surface area contributed by atoms with E-state index in [1.165, 1.54) is 22.4 Å². The molecule has 2 aromatic rings. The third-order valence-corrected chi connectivity index (χ3v) is 2.98. The Morgan fingerprint density at radius 2 is 1.94 bits per heavy atom. The van der Waals surface area contributed by atoms with Gasteiger partial charge >= 0.3 is 0 Å². The van der Waals surface area contributed by atoms with Crippen molar-refractivity contribution in [3.8, 4) is 5.69 Å². The van der Waals surface area contributed by atoms with Gasteiger partial charge in [-0.05, 0) is 61.7 Å². The number of aryl methyl sites for hydroxylation is 2. The molecule has 0 radical (unpaired) electrons. The number of hydrogen-bond donors (Lipinski definition) is 1. The zero-order valence-electron chi connectivity index (χ0n) is 9.90. The van der Waals surface area contributed by atoms with E-state index in [1.807, 2.05) is 0 Å². The molecule has 2 heteroatoms. The van der Waals surface area contributed by atoms with E-state index in [0.717, 1.165) is 6.42 Å². The molecular weight excluding hydrogens is 196 g/mol. The fourth-order valence-corrected chi connectivity index (χ4v) is 1.80. The highest BCUT2D eigenvalue weighted by atomic mass is 14.9. The second-order valence-corrected chi connectivity index (χ2v) is 4.23. The molecule has 0 unspecified atom stereocenters. The van der Waals surface area contributed by atoms with Gasteiger partial charge in [-0.15, -0.1) is 0 Å². The Kier molecular flexibility index (Phi) is 3.11. The SMILES string of the molecule is Cc1ccc(-n2ccc(CCN)c2)cc1C. The van der Waals surface area contributed by atoms with Crippen molar-refractivity contribution >= 4 is 0 Å². The van der Waals surface area contributed by atoms with Crippen molar-refractivity contribution in [1.82, 2.24) is 4.57 Å². The maximum absolute atomic E-state index is 5.54. The van der Waals surface area contributed by atoms with Crippen LogP contribution in [0, 0.1) is 13.8 Å². The summed E-state index contributed by atoms with van der Waals surface area (Å²) in [6.07, 6.45) is 5.18. The zero-order chi connectivity index (χ0) is 11.5. The standard InChI is InChI=1S/C14H18N2/c1-11-3-4-14(9-12(11)2)16-8-6-13(10-16)5-7-15/h3-4,6,8-10H,5,7,15H2,1-2H3. The molecular formula is C14H18N2. The minimum atomic E-state index is 0.705. The largest absolute Gasteiger partial charge is 0.330 e. The van der Waals surface area contributed by atoms with Crippen LogP contribution in [-0.2, 0) is 6.42 Å². The fraction of sp³-hybridized carbons (Fsp3) is 0.286. The van der Waals surface area contributed by atoms with Gasteiger partial charge in [-0.1, -0.05) is 6.07 Å². The zero-order valence-corrected chi connectivity index (χ0v) is 9.90. The lowest BCUT2D eigenvalue weighted by molar-refractivity contribution is 0.961. The number of hydrogen-bond acceptors (Lipinski definition) is 1. The van der Waals surface area contributed by atoms with Crippen LogP contribution in [0.3, 0.4) is 0 Å². The first-order valence-electron chi connectivity index (χ1n) is 5.65. The predicted molar refractivity (Wildman–Crippen MR) is 68.0 cm³/mol. The lowest BCUT2D eigenvalue weighted by Crippen LogP contribution is -2.01. The summed E-state index contributed by atoms with van der Waals surface area (Å²) in [5.41, 5.74) is 10.7. The number of nitrogens with two attached hydrogens (primary N) is 1. The molecule has 0 aliphatic heterocycles. The highest BCUT2D eigenvalue weighted by Gasteiger charge is 2.00. The number of aromatic nitrogens is 1. The number of benzene rings is 1. The maximum atomic E-state index is 5.54. The van der Waals surface area contributed by atoms with Crippen molar-refractivity contribution in [2.24, 2.45) is 5.73 Å². The van der Waals surface area contributed by atoms with Crippen LogP contribution in [0.1, 0.15) is 16.7 Å². The third-order valence-electron chi connectivity index (χ3n) is 2.98. The Bertz CT molecular complexity index is 483. The molecule has 2 N–H and O–H groups in total. The molecule has 0 saturated carbocycles. The van der Waals surface area contributed by atoms with E-state index in [4.69, 9.17) is 5.73 Å². The molecule has 2 nitrogen and oxygen atoms in total. The van der Waals surface area contributed by atoms with Gasteiger partial charge in [-0.25, -0.2) is 0 Å². The van der Waals surface area contributed by atoms with Gasteiger partial charge in [0.25, 0.3) is 0 Å². The van der Waals surface area contributed by atoms with Crippen LogP contribution in [0.5, 0.6) is 0 Å². The summed E-state index contributed by atoms with van der Waals surface area (Å²) >= 11 is 0. The number of nitrogens with zero attached hydrogens (tertiary/aromatic N) is 1. The monoisotopic (exact) mass is 214 g/mol. The van der Waals surface area contributed by atoms with Crippen molar-refractivity contribution < 1.29 is 0 Å². The van der Waals surface area contributed by atoms with Crippen molar-refractivity contribution in [1.29, 1.82) is 0 Å². The van der Waals surface area contributed by atoms with Crippen LogP contribution in [0.4, 0.5) is 0 Å². The lowest BCUT2D eigenvalue weighted by Gasteiger charge is -2.06. The van der Waals surface area contributed by atoms with Crippen LogP contribution in [-0.4, -0.2) is 11.1 Å². The summed E-state index contributed by atoms with van der Waals surface area (Å²) < 4.78 is 2.15. The van der Waals surface area contributed by atoms with Gasteiger partial charge in [0.05, 0.1) is 0 Å². The van der Waals surface area contributed by atoms with Gasteiger partial charge in [-0.3, -0.25) is 0 Å². The van der Waals surface area contributed by atoms with E-state index in [0.29, 0.717) is 6.54 Å². The molecule has 0 atom stereocenters. The highest BCUT2D eigenvalue weighted by Crippen LogP contribution is 2.15. The molecule has 1 heterocycles. The maximum Gasteiger partial charge on any atom is 0.0452 e. The summed E-state index contributed by atoms with van der Waals surface area (Å²) in [4.78, 5) is 0. The van der Waals surface area contributed by atoms with E-state index in [-0.39, 0.29) is 0 Å². The average molecular weight is 214 g/mol. The summed E-state index contributed by atoms with van der Waals surface area (Å²) in [6.45, 7) is 4.98. The molecule has 84 valence electrons. The average Bonchev–Trinajstić information content (AvgIpc) is 2.71. The summed E-state index contributed by atoms with van der Waals surface area (Å²) in [5, 5.41) is 0. The summed E-state index contributed by atoms with van der Waals surface area (Å²) in [6, 6.07) is 8.64. The van der Waals surface area contributed by atoms with E-state index in [9.17, 15) is 0 Å². The van der Waals surface area contributed by atoms with Crippen molar-refractivity contribution in [3.63, 3.8) is 0 Å². The molecule has 1 aromatic heterocycles. The van der Waals surface area contributed by atoms with Crippen LogP contribution < -0.4 is 5.73 Å². The normalized spacial score (nSPS) is 10.7. The first-order chi connectivity index (χ1) is 7.70. The summed E-state index contributed by atoms with van der Waals surface area (Å²) in [5.74, 6) is 0. The first kappa shape index (κ1) is 11.0. The predicted octanol–water partition coefficient (Wildman–Crippen LogP) is 2.60. The second kappa shape index (κ2) is 4.54. The quantitative estimate of drug-likeness (QED) is 0.836. The van der Waals surface area contributed by atoms with Crippen LogP contribution in [0.15, 0.2) is 36.7 Å². The van der Waals surface area contributed by atoms with E-state index in [1.54, 1.807) is 0 Å². The Balaban J connectivity index is 2.31. The van der Waals surface area contributed by atoms with Gasteiger partial charge < -0.3 is 10.3 Å². The van der Waals surface area contributed by atoms with Gasteiger partial charge in [0.2, 0.25) is 0 Å². The molecule has 0 aliphatic carbocycles. The third kappa shape index (κ3) is 2.17. The topological polar surface area (TPSA) is 30.9 Å². The molecule has 0 fully saturated rings. The molecule has 0 spiro atoms.